The standard InChI is InChI=1S/C17H11F3O3/c18-17(19,20)13-6-7-14-12(8-13)9-15(23-14)16(21)22-10-11-4-2-1-3-5-11/h1-9H,10H2. The van der Waals surface area contributed by atoms with E-state index in [1.807, 2.05) is 18.2 Å². The molecule has 3 nitrogen and oxygen atoms in total. The van der Waals surface area contributed by atoms with Crippen molar-refractivity contribution in [3.05, 3.63) is 71.5 Å². The highest BCUT2D eigenvalue weighted by atomic mass is 19.4. The van der Waals surface area contributed by atoms with Gasteiger partial charge < -0.3 is 9.15 Å². The van der Waals surface area contributed by atoms with Crippen LogP contribution in [-0.2, 0) is 17.5 Å². The van der Waals surface area contributed by atoms with Crippen LogP contribution in [0.25, 0.3) is 11.0 Å². The van der Waals surface area contributed by atoms with Gasteiger partial charge >= 0.3 is 12.1 Å². The summed E-state index contributed by atoms with van der Waals surface area (Å²) in [6.07, 6.45) is -4.44. The number of halogens is 3. The van der Waals surface area contributed by atoms with Gasteiger partial charge in [0.25, 0.3) is 0 Å². The number of carbonyl (C=O) groups excluding carboxylic acids is 1. The molecule has 0 bridgehead atoms. The van der Waals surface area contributed by atoms with Gasteiger partial charge in [-0.15, -0.1) is 0 Å². The zero-order valence-electron chi connectivity index (χ0n) is 11.8. The monoisotopic (exact) mass is 320 g/mol. The van der Waals surface area contributed by atoms with Crippen LogP contribution in [0.4, 0.5) is 13.2 Å². The Bertz CT molecular complexity index is 835. The number of rotatable bonds is 3. The van der Waals surface area contributed by atoms with Crippen LogP contribution in [0.3, 0.4) is 0 Å². The molecule has 118 valence electrons. The molecule has 0 aliphatic heterocycles. The van der Waals surface area contributed by atoms with Crippen LogP contribution in [-0.4, -0.2) is 5.97 Å². The molecule has 0 atom stereocenters. The minimum atomic E-state index is -4.44. The molecule has 0 fully saturated rings. The molecule has 0 N–H and O–H groups in total. The van der Waals surface area contributed by atoms with E-state index in [0.717, 1.165) is 17.7 Å². The van der Waals surface area contributed by atoms with Crippen LogP contribution in [0.5, 0.6) is 0 Å². The number of fused-ring (bicyclic) bond motifs is 1. The quantitative estimate of drug-likeness (QED) is 0.650. The summed E-state index contributed by atoms with van der Waals surface area (Å²) in [6.45, 7) is 0.0600. The Morgan fingerprint density at radius 1 is 1.04 bits per heavy atom. The fraction of sp³-hybridized carbons (Fsp3) is 0.118. The molecular weight excluding hydrogens is 309 g/mol. The molecule has 0 saturated heterocycles. The lowest BCUT2D eigenvalue weighted by atomic mass is 10.1. The van der Waals surface area contributed by atoms with Gasteiger partial charge in [0.05, 0.1) is 5.56 Å². The normalized spacial score (nSPS) is 11.6. The van der Waals surface area contributed by atoms with Crippen LogP contribution in [0, 0.1) is 0 Å². The first kappa shape index (κ1) is 15.1. The van der Waals surface area contributed by atoms with Crippen LogP contribution in [0.1, 0.15) is 21.7 Å². The third-order valence-corrected chi connectivity index (χ3v) is 3.26. The van der Waals surface area contributed by atoms with Crippen molar-refractivity contribution in [2.24, 2.45) is 0 Å². The number of furan rings is 1. The minimum Gasteiger partial charge on any atom is -0.455 e. The van der Waals surface area contributed by atoms with Gasteiger partial charge in [-0.05, 0) is 29.8 Å². The van der Waals surface area contributed by atoms with Crippen molar-refractivity contribution in [3.8, 4) is 0 Å². The van der Waals surface area contributed by atoms with E-state index in [9.17, 15) is 18.0 Å². The Labute approximate surface area is 129 Å². The minimum absolute atomic E-state index is 0.0600. The van der Waals surface area contributed by atoms with Gasteiger partial charge in [-0.2, -0.15) is 13.2 Å². The summed E-state index contributed by atoms with van der Waals surface area (Å²) in [7, 11) is 0. The molecule has 6 heteroatoms. The van der Waals surface area contributed by atoms with E-state index in [4.69, 9.17) is 9.15 Å². The molecule has 1 heterocycles. The number of hydrogen-bond donors (Lipinski definition) is 0. The summed E-state index contributed by atoms with van der Waals surface area (Å²) < 4.78 is 48.3. The summed E-state index contributed by atoms with van der Waals surface area (Å²) in [4.78, 5) is 11.9. The molecule has 3 aromatic rings. The lowest BCUT2D eigenvalue weighted by Crippen LogP contribution is -2.04. The predicted octanol–water partition coefficient (Wildman–Crippen LogP) is 4.81. The topological polar surface area (TPSA) is 39.4 Å². The first-order chi connectivity index (χ1) is 10.9. The predicted molar refractivity (Wildman–Crippen MR) is 76.8 cm³/mol. The Morgan fingerprint density at radius 2 is 1.78 bits per heavy atom. The van der Waals surface area contributed by atoms with E-state index < -0.39 is 17.7 Å². The van der Waals surface area contributed by atoms with Crippen molar-refractivity contribution in [1.82, 2.24) is 0 Å². The van der Waals surface area contributed by atoms with E-state index >= 15 is 0 Å². The van der Waals surface area contributed by atoms with Crippen molar-refractivity contribution < 1.29 is 27.1 Å². The van der Waals surface area contributed by atoms with Crippen molar-refractivity contribution in [2.75, 3.05) is 0 Å². The average Bonchev–Trinajstić information content (AvgIpc) is 2.96. The van der Waals surface area contributed by atoms with Crippen molar-refractivity contribution in [3.63, 3.8) is 0 Å². The molecule has 0 aliphatic rings. The Balaban J connectivity index is 1.78. The maximum atomic E-state index is 12.7. The highest BCUT2D eigenvalue weighted by Crippen LogP contribution is 2.32. The van der Waals surface area contributed by atoms with Crippen LogP contribution in [0.2, 0.25) is 0 Å². The lowest BCUT2D eigenvalue weighted by molar-refractivity contribution is -0.137. The molecule has 3 rings (SSSR count). The SMILES string of the molecule is O=C(OCc1ccccc1)c1cc2cc(C(F)(F)F)ccc2o1. The number of esters is 1. The summed E-state index contributed by atoms with van der Waals surface area (Å²) in [5.74, 6) is -0.853. The molecule has 2 aromatic carbocycles. The van der Waals surface area contributed by atoms with Gasteiger partial charge in [0, 0.05) is 5.39 Å². The number of benzene rings is 2. The van der Waals surface area contributed by atoms with Crippen LogP contribution >= 0.6 is 0 Å². The van der Waals surface area contributed by atoms with E-state index in [-0.39, 0.29) is 23.3 Å². The van der Waals surface area contributed by atoms with Gasteiger partial charge in [0.1, 0.15) is 12.2 Å². The number of carbonyl (C=O) groups is 1. The molecule has 1 aromatic heterocycles. The second-order valence-electron chi connectivity index (χ2n) is 4.92. The highest BCUT2D eigenvalue weighted by molar-refractivity contribution is 5.92. The van der Waals surface area contributed by atoms with E-state index in [0.29, 0.717) is 0 Å². The smallest absolute Gasteiger partial charge is 0.416 e. The van der Waals surface area contributed by atoms with E-state index in [1.165, 1.54) is 12.1 Å². The molecule has 0 amide bonds. The molecule has 0 unspecified atom stereocenters. The lowest BCUT2D eigenvalue weighted by Gasteiger charge is -2.04. The van der Waals surface area contributed by atoms with Gasteiger partial charge in [-0.25, -0.2) is 4.79 Å². The van der Waals surface area contributed by atoms with Crippen molar-refractivity contribution in [2.45, 2.75) is 12.8 Å². The van der Waals surface area contributed by atoms with E-state index in [1.54, 1.807) is 12.1 Å². The zero-order chi connectivity index (χ0) is 16.4. The van der Waals surface area contributed by atoms with E-state index in [2.05, 4.69) is 0 Å². The molecular formula is C17H11F3O3. The summed E-state index contributed by atoms with van der Waals surface area (Å²) in [5, 5.41) is 0.200. The summed E-state index contributed by atoms with van der Waals surface area (Å²) in [5.41, 5.74) is 0.205. The van der Waals surface area contributed by atoms with Crippen LogP contribution in [0.15, 0.2) is 59.0 Å². The van der Waals surface area contributed by atoms with Gasteiger partial charge in [-0.3, -0.25) is 0 Å². The maximum Gasteiger partial charge on any atom is 0.416 e. The third kappa shape index (κ3) is 3.36. The largest absolute Gasteiger partial charge is 0.455 e. The maximum absolute atomic E-state index is 12.7. The second-order valence-corrected chi connectivity index (χ2v) is 4.92. The fourth-order valence-electron chi connectivity index (χ4n) is 2.11. The average molecular weight is 320 g/mol. The zero-order valence-corrected chi connectivity index (χ0v) is 11.8. The van der Waals surface area contributed by atoms with Gasteiger partial charge in [-0.1, -0.05) is 30.3 Å². The Kier molecular flexibility index (Phi) is 3.82. The molecule has 0 saturated carbocycles. The van der Waals surface area contributed by atoms with Crippen LogP contribution < -0.4 is 0 Å². The molecule has 0 radical (unpaired) electrons. The third-order valence-electron chi connectivity index (χ3n) is 3.26. The number of hydrogen-bond acceptors (Lipinski definition) is 3. The number of ether oxygens (including phenoxy) is 1. The summed E-state index contributed by atoms with van der Waals surface area (Å²) >= 11 is 0. The molecule has 0 aliphatic carbocycles. The number of alkyl halides is 3. The van der Waals surface area contributed by atoms with Crippen molar-refractivity contribution >= 4 is 16.9 Å². The molecule has 23 heavy (non-hydrogen) atoms. The molecule has 0 spiro atoms. The first-order valence-electron chi connectivity index (χ1n) is 6.75. The first-order valence-corrected chi connectivity index (χ1v) is 6.75. The fourth-order valence-corrected chi connectivity index (χ4v) is 2.11. The Hall–Kier alpha value is -2.76. The van der Waals surface area contributed by atoms with Gasteiger partial charge in [0.15, 0.2) is 0 Å². The highest BCUT2D eigenvalue weighted by Gasteiger charge is 2.31. The Morgan fingerprint density at radius 3 is 2.48 bits per heavy atom. The van der Waals surface area contributed by atoms with Crippen molar-refractivity contribution in [1.29, 1.82) is 0 Å². The second kappa shape index (κ2) is 5.79. The van der Waals surface area contributed by atoms with Gasteiger partial charge in [0.2, 0.25) is 5.76 Å². The summed E-state index contributed by atoms with van der Waals surface area (Å²) in [6, 6.07) is 13.3.